The van der Waals surface area contributed by atoms with E-state index in [9.17, 15) is 0 Å². The van der Waals surface area contributed by atoms with Crippen molar-refractivity contribution in [1.82, 2.24) is 0 Å². The lowest BCUT2D eigenvalue weighted by Crippen LogP contribution is -2.16. The van der Waals surface area contributed by atoms with Crippen LogP contribution in [-0.2, 0) is 10.3 Å². The summed E-state index contributed by atoms with van der Waals surface area (Å²) in [7, 11) is 1.66. The van der Waals surface area contributed by atoms with E-state index >= 15 is 0 Å². The van der Waals surface area contributed by atoms with Crippen molar-refractivity contribution < 1.29 is 14.2 Å². The van der Waals surface area contributed by atoms with E-state index in [0.29, 0.717) is 0 Å². The Morgan fingerprint density at radius 1 is 1.29 bits per heavy atom. The van der Waals surface area contributed by atoms with Gasteiger partial charge in [0.05, 0.1) is 12.7 Å². The molecule has 0 N–H and O–H groups in total. The predicted octanol–water partition coefficient (Wildman–Crippen LogP) is 2.05. The van der Waals surface area contributed by atoms with Crippen molar-refractivity contribution in [2.75, 3.05) is 7.11 Å². The molecule has 3 rings (SSSR count). The highest BCUT2D eigenvalue weighted by Gasteiger charge is 2.73. The van der Waals surface area contributed by atoms with Gasteiger partial charge in [0, 0.05) is 6.92 Å². The van der Waals surface area contributed by atoms with Crippen LogP contribution in [0.3, 0.4) is 0 Å². The summed E-state index contributed by atoms with van der Waals surface area (Å²) in [6.45, 7) is 3.98. The molecular weight excluding hydrogens is 180 g/mol. The zero-order chi connectivity index (χ0) is 9.97. The highest BCUT2D eigenvalue weighted by Crippen LogP contribution is 2.65. The van der Waals surface area contributed by atoms with E-state index in [2.05, 4.69) is 0 Å². The number of hydrogen-bond donors (Lipinski definition) is 0. The number of hydrogen-bond acceptors (Lipinski definition) is 3. The summed E-state index contributed by atoms with van der Waals surface area (Å²) in [5, 5.41) is 0. The summed E-state index contributed by atoms with van der Waals surface area (Å²) >= 11 is 0. The summed E-state index contributed by atoms with van der Waals surface area (Å²) < 4.78 is 16.6. The lowest BCUT2D eigenvalue weighted by molar-refractivity contribution is 0.0777. The molecule has 1 fully saturated rings. The van der Waals surface area contributed by atoms with Crippen LogP contribution in [-0.4, -0.2) is 12.9 Å². The number of rotatable bonds is 1. The quantitative estimate of drug-likeness (QED) is 0.638. The van der Waals surface area contributed by atoms with Crippen LogP contribution in [0.5, 0.6) is 11.5 Å². The van der Waals surface area contributed by atoms with Crippen LogP contribution in [0.4, 0.5) is 0 Å². The minimum Gasteiger partial charge on any atom is -0.496 e. The van der Waals surface area contributed by atoms with Crippen molar-refractivity contribution in [1.29, 1.82) is 0 Å². The molecule has 2 heterocycles. The van der Waals surface area contributed by atoms with Crippen LogP contribution >= 0.6 is 0 Å². The van der Waals surface area contributed by atoms with Gasteiger partial charge >= 0.3 is 0 Å². The third kappa shape index (κ3) is 0.686. The van der Waals surface area contributed by atoms with Gasteiger partial charge < -0.3 is 14.2 Å². The van der Waals surface area contributed by atoms with Crippen LogP contribution in [0.15, 0.2) is 18.2 Å². The first kappa shape index (κ1) is 8.12. The summed E-state index contributed by atoms with van der Waals surface area (Å²) in [5.74, 6) is 1.23. The summed E-state index contributed by atoms with van der Waals surface area (Å²) in [6, 6.07) is 5.81. The second-order valence-electron chi connectivity index (χ2n) is 4.02. The fraction of sp³-hybridized carbons (Fsp3) is 0.455. The molecule has 74 valence electrons. The normalized spacial score (nSPS) is 37.1. The molecular formula is C11H12O3. The van der Waals surface area contributed by atoms with Gasteiger partial charge in [0.15, 0.2) is 5.60 Å². The van der Waals surface area contributed by atoms with Crippen LogP contribution in [0, 0.1) is 0 Å². The Bertz CT molecular complexity index is 415. The fourth-order valence-electron chi connectivity index (χ4n) is 2.21. The van der Waals surface area contributed by atoms with E-state index in [-0.39, 0.29) is 5.60 Å². The van der Waals surface area contributed by atoms with E-state index in [4.69, 9.17) is 14.2 Å². The Kier molecular flexibility index (Phi) is 1.19. The molecule has 1 aromatic carbocycles. The first-order valence-corrected chi connectivity index (χ1v) is 4.67. The number of benzene rings is 1. The van der Waals surface area contributed by atoms with Gasteiger partial charge in [-0.3, -0.25) is 0 Å². The van der Waals surface area contributed by atoms with E-state index in [1.54, 1.807) is 7.11 Å². The Hall–Kier alpha value is -1.22. The molecule has 2 aliphatic rings. The van der Waals surface area contributed by atoms with Crippen molar-refractivity contribution in [2.24, 2.45) is 0 Å². The van der Waals surface area contributed by atoms with E-state index in [1.165, 1.54) is 0 Å². The second-order valence-corrected chi connectivity index (χ2v) is 4.02. The molecule has 0 radical (unpaired) electrons. The molecule has 1 aromatic rings. The third-order valence-electron chi connectivity index (χ3n) is 3.21. The highest BCUT2D eigenvalue weighted by atomic mass is 16.8. The highest BCUT2D eigenvalue weighted by molar-refractivity contribution is 5.56. The monoisotopic (exact) mass is 192 g/mol. The predicted molar refractivity (Wildman–Crippen MR) is 50.5 cm³/mol. The SMILES string of the molecule is COc1cccc2c1C1(C)OC1(C)O2. The van der Waals surface area contributed by atoms with E-state index < -0.39 is 5.79 Å². The zero-order valence-electron chi connectivity index (χ0n) is 8.46. The van der Waals surface area contributed by atoms with Gasteiger partial charge in [0.25, 0.3) is 0 Å². The summed E-state index contributed by atoms with van der Waals surface area (Å²) in [4.78, 5) is 0. The van der Waals surface area contributed by atoms with E-state index in [1.807, 2.05) is 32.0 Å². The van der Waals surface area contributed by atoms with Gasteiger partial charge in [-0.05, 0) is 19.1 Å². The van der Waals surface area contributed by atoms with Crippen LogP contribution < -0.4 is 9.47 Å². The Morgan fingerprint density at radius 2 is 2.07 bits per heavy atom. The molecule has 0 saturated carbocycles. The topological polar surface area (TPSA) is 31.0 Å². The summed E-state index contributed by atoms with van der Waals surface area (Å²) in [6.07, 6.45) is 0. The van der Waals surface area contributed by atoms with Crippen LogP contribution in [0.1, 0.15) is 19.4 Å². The smallest absolute Gasteiger partial charge is 0.242 e. The number of methoxy groups -OCH3 is 1. The lowest BCUT2D eigenvalue weighted by atomic mass is 9.97. The van der Waals surface area contributed by atoms with Crippen molar-refractivity contribution in [2.45, 2.75) is 25.2 Å². The molecule has 0 bridgehead atoms. The molecule has 3 heteroatoms. The van der Waals surface area contributed by atoms with Gasteiger partial charge in [-0.2, -0.15) is 0 Å². The molecule has 0 spiro atoms. The van der Waals surface area contributed by atoms with Gasteiger partial charge in [-0.15, -0.1) is 0 Å². The Morgan fingerprint density at radius 3 is 2.79 bits per heavy atom. The molecule has 0 aliphatic carbocycles. The average molecular weight is 192 g/mol. The molecule has 3 nitrogen and oxygen atoms in total. The number of epoxide rings is 1. The molecule has 0 aromatic heterocycles. The molecule has 1 saturated heterocycles. The lowest BCUT2D eigenvalue weighted by Gasteiger charge is -2.10. The molecule has 2 atom stereocenters. The largest absolute Gasteiger partial charge is 0.496 e. The maximum atomic E-state index is 5.71. The molecule has 14 heavy (non-hydrogen) atoms. The van der Waals surface area contributed by atoms with Gasteiger partial charge in [-0.25, -0.2) is 0 Å². The third-order valence-corrected chi connectivity index (χ3v) is 3.21. The first-order chi connectivity index (χ1) is 6.61. The van der Waals surface area contributed by atoms with E-state index in [0.717, 1.165) is 17.1 Å². The van der Waals surface area contributed by atoms with Gasteiger partial charge in [0.1, 0.15) is 11.5 Å². The minimum atomic E-state index is -0.482. The second kappa shape index (κ2) is 2.06. The molecule has 0 amide bonds. The molecule has 2 unspecified atom stereocenters. The fourth-order valence-corrected chi connectivity index (χ4v) is 2.21. The number of ether oxygens (including phenoxy) is 3. The van der Waals surface area contributed by atoms with Crippen molar-refractivity contribution >= 4 is 0 Å². The van der Waals surface area contributed by atoms with Crippen molar-refractivity contribution in [3.8, 4) is 11.5 Å². The standard InChI is InChI=1S/C11H12O3/c1-10-9-7(12-3)5-4-6-8(9)13-11(10,2)14-10/h4-6H,1-3H3. The maximum absolute atomic E-state index is 5.71. The average Bonchev–Trinajstić information content (AvgIpc) is 2.60. The minimum absolute atomic E-state index is 0.324. The Labute approximate surface area is 82.6 Å². The molecule has 2 aliphatic heterocycles. The Balaban J connectivity index is 2.23. The van der Waals surface area contributed by atoms with Gasteiger partial charge in [-0.1, -0.05) is 6.07 Å². The zero-order valence-corrected chi connectivity index (χ0v) is 8.46. The first-order valence-electron chi connectivity index (χ1n) is 4.67. The van der Waals surface area contributed by atoms with Crippen LogP contribution in [0.2, 0.25) is 0 Å². The summed E-state index contributed by atoms with van der Waals surface area (Å²) in [5.41, 5.74) is 0.708. The van der Waals surface area contributed by atoms with Crippen molar-refractivity contribution in [3.63, 3.8) is 0 Å². The maximum Gasteiger partial charge on any atom is 0.242 e. The number of fused-ring (bicyclic) bond motifs is 3. The van der Waals surface area contributed by atoms with Crippen molar-refractivity contribution in [3.05, 3.63) is 23.8 Å². The van der Waals surface area contributed by atoms with Crippen LogP contribution in [0.25, 0.3) is 0 Å². The van der Waals surface area contributed by atoms with Gasteiger partial charge in [0.2, 0.25) is 5.79 Å².